The molecule has 32 heavy (non-hydrogen) atoms. The van der Waals surface area contributed by atoms with Crippen LogP contribution in [0.2, 0.25) is 0 Å². The Kier molecular flexibility index (Phi) is 5.48. The monoisotopic (exact) mass is 440 g/mol. The van der Waals surface area contributed by atoms with E-state index in [2.05, 4.69) is 5.10 Å². The summed E-state index contributed by atoms with van der Waals surface area (Å²) in [6.45, 7) is 0. The normalized spacial score (nSPS) is 18.4. The van der Waals surface area contributed by atoms with E-state index < -0.39 is 29.9 Å². The first kappa shape index (κ1) is 21.6. The number of halogens is 3. The average molecular weight is 440 g/mol. The third-order valence-electron chi connectivity index (χ3n) is 5.30. The summed E-state index contributed by atoms with van der Waals surface area (Å²) in [6, 6.07) is 21.6. The highest BCUT2D eigenvalue weighted by Crippen LogP contribution is 2.41. The minimum atomic E-state index is -4.79. The summed E-state index contributed by atoms with van der Waals surface area (Å²) >= 11 is 0. The second-order valence-electron chi connectivity index (χ2n) is 7.33. The topological polar surface area (TPSA) is 62.1 Å². The van der Waals surface area contributed by atoms with Crippen LogP contribution < -0.4 is 4.74 Å². The number of benzene rings is 3. The van der Waals surface area contributed by atoms with Gasteiger partial charge in [-0.1, -0.05) is 54.6 Å². The third kappa shape index (κ3) is 3.97. The van der Waals surface area contributed by atoms with Crippen LogP contribution in [0.4, 0.5) is 13.2 Å². The maximum atomic E-state index is 13.4. The summed E-state index contributed by atoms with van der Waals surface area (Å²) < 4.78 is 45.3. The SMILES string of the molecule is COc1ccc([C@]2(O)CC(C(F)(F)F)=NN2C(=O)c2ccc(-c3ccccc3)cc2)cc1. The maximum Gasteiger partial charge on any atom is 0.431 e. The molecule has 1 N–H and O–H groups in total. The second-order valence-corrected chi connectivity index (χ2v) is 7.33. The van der Waals surface area contributed by atoms with Crippen molar-refractivity contribution in [3.05, 3.63) is 90.0 Å². The minimum absolute atomic E-state index is 0.0931. The molecule has 0 fully saturated rings. The van der Waals surface area contributed by atoms with Gasteiger partial charge in [-0.3, -0.25) is 4.79 Å². The van der Waals surface area contributed by atoms with Crippen molar-refractivity contribution in [3.8, 4) is 16.9 Å². The lowest BCUT2D eigenvalue weighted by Crippen LogP contribution is -2.43. The van der Waals surface area contributed by atoms with E-state index in [1.165, 1.54) is 43.5 Å². The molecule has 1 aliphatic rings. The number of hydrogen-bond donors (Lipinski definition) is 1. The molecule has 0 unspecified atom stereocenters. The molecule has 0 saturated carbocycles. The van der Waals surface area contributed by atoms with E-state index in [1.807, 2.05) is 30.3 Å². The van der Waals surface area contributed by atoms with Gasteiger partial charge in [-0.05, 0) is 35.4 Å². The number of rotatable bonds is 4. The van der Waals surface area contributed by atoms with Crippen LogP contribution in [0.25, 0.3) is 11.1 Å². The smallest absolute Gasteiger partial charge is 0.431 e. The Hall–Kier alpha value is -3.65. The third-order valence-corrected chi connectivity index (χ3v) is 5.30. The summed E-state index contributed by atoms with van der Waals surface area (Å²) in [5.74, 6) is -0.385. The summed E-state index contributed by atoms with van der Waals surface area (Å²) in [7, 11) is 1.44. The molecule has 1 aliphatic heterocycles. The van der Waals surface area contributed by atoms with Crippen molar-refractivity contribution < 1.29 is 27.8 Å². The summed E-state index contributed by atoms with van der Waals surface area (Å²) in [6.07, 6.45) is -5.66. The zero-order valence-corrected chi connectivity index (χ0v) is 17.0. The fourth-order valence-corrected chi connectivity index (χ4v) is 3.56. The van der Waals surface area contributed by atoms with E-state index in [0.29, 0.717) is 10.8 Å². The van der Waals surface area contributed by atoms with Crippen molar-refractivity contribution in [1.82, 2.24) is 5.01 Å². The number of amides is 1. The molecule has 4 rings (SSSR count). The predicted octanol–water partition coefficient (Wildman–Crippen LogP) is 4.97. The van der Waals surface area contributed by atoms with Crippen LogP contribution >= 0.6 is 0 Å². The van der Waals surface area contributed by atoms with Crippen LogP contribution in [0.15, 0.2) is 84.0 Å². The Labute approximate surface area is 182 Å². The molecular weight excluding hydrogens is 421 g/mol. The molecule has 0 aliphatic carbocycles. The van der Waals surface area contributed by atoms with Gasteiger partial charge in [-0.25, -0.2) is 0 Å². The number of hydrazone groups is 1. The van der Waals surface area contributed by atoms with Crippen molar-refractivity contribution in [1.29, 1.82) is 0 Å². The molecule has 3 aromatic carbocycles. The lowest BCUT2D eigenvalue weighted by atomic mass is 9.96. The molecule has 0 spiro atoms. The average Bonchev–Trinajstić information content (AvgIpc) is 3.18. The quantitative estimate of drug-likeness (QED) is 0.623. The highest BCUT2D eigenvalue weighted by atomic mass is 19.4. The van der Waals surface area contributed by atoms with Crippen LogP contribution in [-0.4, -0.2) is 35.0 Å². The van der Waals surface area contributed by atoms with Crippen LogP contribution in [0.1, 0.15) is 22.3 Å². The molecule has 3 aromatic rings. The Morgan fingerprint density at radius 1 is 0.969 bits per heavy atom. The highest BCUT2D eigenvalue weighted by molar-refractivity contribution is 6.00. The standard InChI is InChI=1S/C24H19F3N2O3/c1-32-20-13-11-19(12-14-20)23(31)15-21(24(25,26)27)28-29(23)22(30)18-9-7-17(8-10-18)16-5-3-2-4-6-16/h2-14,31H,15H2,1H3/t23-/m1/s1. The summed E-state index contributed by atoms with van der Waals surface area (Å²) in [4.78, 5) is 13.1. The van der Waals surface area contributed by atoms with Crippen LogP contribution in [0.3, 0.4) is 0 Å². The van der Waals surface area contributed by atoms with E-state index in [-0.39, 0.29) is 11.1 Å². The minimum Gasteiger partial charge on any atom is -0.497 e. The summed E-state index contributed by atoms with van der Waals surface area (Å²) in [5, 5.41) is 15.2. The molecular formula is C24H19F3N2O3. The number of carbonyl (C=O) groups excluding carboxylic acids is 1. The number of ether oxygens (including phenoxy) is 1. The number of alkyl halides is 3. The first-order chi connectivity index (χ1) is 15.2. The number of methoxy groups -OCH3 is 1. The fraction of sp³-hybridized carbons (Fsp3) is 0.167. The Morgan fingerprint density at radius 2 is 1.56 bits per heavy atom. The lowest BCUT2D eigenvalue weighted by molar-refractivity contribution is -0.0816. The summed E-state index contributed by atoms with van der Waals surface area (Å²) in [5.41, 5.74) is -1.55. The number of aliphatic hydroxyl groups is 1. The molecule has 164 valence electrons. The van der Waals surface area contributed by atoms with Crippen molar-refractivity contribution >= 4 is 11.6 Å². The van der Waals surface area contributed by atoms with Gasteiger partial charge in [-0.2, -0.15) is 23.3 Å². The second kappa shape index (κ2) is 8.12. The van der Waals surface area contributed by atoms with Crippen LogP contribution in [0.5, 0.6) is 5.75 Å². The van der Waals surface area contributed by atoms with Crippen LogP contribution in [-0.2, 0) is 5.72 Å². The Morgan fingerprint density at radius 3 is 2.12 bits per heavy atom. The molecule has 0 radical (unpaired) electrons. The van der Waals surface area contributed by atoms with Gasteiger partial charge in [0.05, 0.1) is 13.5 Å². The van der Waals surface area contributed by atoms with Gasteiger partial charge in [0.2, 0.25) is 0 Å². The van der Waals surface area contributed by atoms with Crippen molar-refractivity contribution in [2.75, 3.05) is 7.11 Å². The van der Waals surface area contributed by atoms with Gasteiger partial charge in [0, 0.05) is 11.1 Å². The molecule has 0 aromatic heterocycles. The number of nitrogens with zero attached hydrogens (tertiary/aromatic N) is 2. The van der Waals surface area contributed by atoms with Crippen molar-refractivity contribution in [3.63, 3.8) is 0 Å². The first-order valence-electron chi connectivity index (χ1n) is 9.74. The van der Waals surface area contributed by atoms with E-state index >= 15 is 0 Å². The predicted molar refractivity (Wildman–Crippen MR) is 113 cm³/mol. The van der Waals surface area contributed by atoms with Crippen molar-refractivity contribution in [2.45, 2.75) is 18.3 Å². The largest absolute Gasteiger partial charge is 0.497 e. The maximum absolute atomic E-state index is 13.4. The van der Waals surface area contributed by atoms with Gasteiger partial charge in [0.25, 0.3) is 5.91 Å². The van der Waals surface area contributed by atoms with E-state index in [4.69, 9.17) is 4.74 Å². The fourth-order valence-electron chi connectivity index (χ4n) is 3.56. The Balaban J connectivity index is 1.70. The van der Waals surface area contributed by atoms with Gasteiger partial charge in [0.15, 0.2) is 5.72 Å². The van der Waals surface area contributed by atoms with Gasteiger partial charge in [-0.15, -0.1) is 0 Å². The zero-order valence-electron chi connectivity index (χ0n) is 17.0. The number of hydrogen-bond acceptors (Lipinski definition) is 4. The van der Waals surface area contributed by atoms with Gasteiger partial charge in [0.1, 0.15) is 11.5 Å². The highest BCUT2D eigenvalue weighted by Gasteiger charge is 2.53. The molecule has 1 amide bonds. The van der Waals surface area contributed by atoms with E-state index in [9.17, 15) is 23.1 Å². The first-order valence-corrected chi connectivity index (χ1v) is 9.74. The van der Waals surface area contributed by atoms with Gasteiger partial charge >= 0.3 is 6.18 Å². The molecule has 8 heteroatoms. The van der Waals surface area contributed by atoms with Crippen LogP contribution in [0, 0.1) is 0 Å². The van der Waals surface area contributed by atoms with Crippen molar-refractivity contribution in [2.24, 2.45) is 5.10 Å². The zero-order chi connectivity index (χ0) is 22.9. The molecule has 0 bridgehead atoms. The number of carbonyl (C=O) groups is 1. The van der Waals surface area contributed by atoms with E-state index in [0.717, 1.165) is 11.1 Å². The molecule has 0 saturated heterocycles. The Bertz CT molecular complexity index is 1140. The van der Waals surface area contributed by atoms with E-state index in [1.54, 1.807) is 12.1 Å². The molecule has 5 nitrogen and oxygen atoms in total. The molecule has 1 atom stereocenters. The molecule has 1 heterocycles. The lowest BCUT2D eigenvalue weighted by Gasteiger charge is -2.31. The van der Waals surface area contributed by atoms with Gasteiger partial charge < -0.3 is 9.84 Å².